The molecule has 0 saturated carbocycles. The van der Waals surface area contributed by atoms with Gasteiger partial charge in [0, 0.05) is 6.92 Å². The molecule has 1 aromatic rings. The van der Waals surface area contributed by atoms with Crippen LogP contribution in [-0.4, -0.2) is 31.2 Å². The second kappa shape index (κ2) is 7.82. The molecule has 2 rings (SSSR count). The molecule has 22 heavy (non-hydrogen) atoms. The van der Waals surface area contributed by atoms with Gasteiger partial charge in [-0.3, -0.25) is 4.79 Å². The SMILES string of the molecule is CCOC(=O)CC1CCc2cc(N=C(C)OCC)ccc2O1. The lowest BCUT2D eigenvalue weighted by Crippen LogP contribution is -2.26. The van der Waals surface area contributed by atoms with E-state index in [4.69, 9.17) is 14.2 Å². The van der Waals surface area contributed by atoms with Crippen LogP contribution in [0, 0.1) is 0 Å². The van der Waals surface area contributed by atoms with Gasteiger partial charge >= 0.3 is 5.97 Å². The maximum Gasteiger partial charge on any atom is 0.309 e. The van der Waals surface area contributed by atoms with Crippen LogP contribution in [-0.2, 0) is 20.7 Å². The van der Waals surface area contributed by atoms with E-state index in [0.29, 0.717) is 25.5 Å². The number of hydrogen-bond donors (Lipinski definition) is 0. The van der Waals surface area contributed by atoms with Crippen molar-refractivity contribution in [3.05, 3.63) is 23.8 Å². The van der Waals surface area contributed by atoms with E-state index in [1.807, 2.05) is 32.0 Å². The number of carbonyl (C=O) groups excluding carboxylic acids is 1. The van der Waals surface area contributed by atoms with Crippen molar-refractivity contribution in [1.29, 1.82) is 0 Å². The summed E-state index contributed by atoms with van der Waals surface area (Å²) in [7, 11) is 0. The topological polar surface area (TPSA) is 57.1 Å². The van der Waals surface area contributed by atoms with Gasteiger partial charge in [-0.05, 0) is 50.5 Å². The van der Waals surface area contributed by atoms with Crippen molar-refractivity contribution >= 4 is 17.6 Å². The average molecular weight is 305 g/mol. The van der Waals surface area contributed by atoms with Crippen LogP contribution in [0.2, 0.25) is 0 Å². The van der Waals surface area contributed by atoms with Crippen LogP contribution in [0.3, 0.4) is 0 Å². The maximum atomic E-state index is 11.5. The quantitative estimate of drug-likeness (QED) is 0.475. The molecule has 5 heteroatoms. The lowest BCUT2D eigenvalue weighted by Gasteiger charge is -2.25. The molecule has 0 aliphatic carbocycles. The van der Waals surface area contributed by atoms with Gasteiger partial charge in [-0.1, -0.05) is 0 Å². The fourth-order valence-corrected chi connectivity index (χ4v) is 2.47. The molecule has 1 unspecified atom stereocenters. The molecule has 1 aliphatic rings. The number of carbonyl (C=O) groups is 1. The molecular weight excluding hydrogens is 282 g/mol. The van der Waals surface area contributed by atoms with Gasteiger partial charge in [0.1, 0.15) is 11.9 Å². The molecule has 1 heterocycles. The number of rotatable bonds is 5. The van der Waals surface area contributed by atoms with Crippen molar-refractivity contribution in [3.8, 4) is 5.75 Å². The van der Waals surface area contributed by atoms with Crippen molar-refractivity contribution in [2.75, 3.05) is 13.2 Å². The Morgan fingerprint density at radius 2 is 2.09 bits per heavy atom. The van der Waals surface area contributed by atoms with Crippen molar-refractivity contribution in [3.63, 3.8) is 0 Å². The van der Waals surface area contributed by atoms with Crippen LogP contribution in [0.25, 0.3) is 0 Å². The normalized spacial score (nSPS) is 17.4. The Balaban J connectivity index is 2.02. The summed E-state index contributed by atoms with van der Waals surface area (Å²) >= 11 is 0. The molecular formula is C17H23NO4. The molecule has 5 nitrogen and oxygen atoms in total. The smallest absolute Gasteiger partial charge is 0.309 e. The highest BCUT2D eigenvalue weighted by Crippen LogP contribution is 2.32. The van der Waals surface area contributed by atoms with Gasteiger partial charge in [-0.2, -0.15) is 0 Å². The maximum absolute atomic E-state index is 11.5. The first kappa shape index (κ1) is 16.3. The Labute approximate surface area is 131 Å². The van der Waals surface area contributed by atoms with Crippen LogP contribution in [0.15, 0.2) is 23.2 Å². The summed E-state index contributed by atoms with van der Waals surface area (Å²) in [5.41, 5.74) is 1.97. The third kappa shape index (κ3) is 4.48. The summed E-state index contributed by atoms with van der Waals surface area (Å²) in [5.74, 6) is 1.28. The Kier molecular flexibility index (Phi) is 5.81. The van der Waals surface area contributed by atoms with Gasteiger partial charge in [0.2, 0.25) is 0 Å². The molecule has 0 fully saturated rings. The first-order valence-electron chi connectivity index (χ1n) is 7.75. The van der Waals surface area contributed by atoms with Gasteiger partial charge in [-0.25, -0.2) is 4.99 Å². The first-order valence-corrected chi connectivity index (χ1v) is 7.75. The first-order chi connectivity index (χ1) is 10.6. The van der Waals surface area contributed by atoms with Crippen molar-refractivity contribution < 1.29 is 19.0 Å². The van der Waals surface area contributed by atoms with Crippen LogP contribution in [0.4, 0.5) is 5.69 Å². The van der Waals surface area contributed by atoms with Crippen LogP contribution in [0.1, 0.15) is 39.2 Å². The Morgan fingerprint density at radius 3 is 2.82 bits per heavy atom. The van der Waals surface area contributed by atoms with Crippen molar-refractivity contribution in [2.45, 2.75) is 46.1 Å². The monoisotopic (exact) mass is 305 g/mol. The highest BCUT2D eigenvalue weighted by Gasteiger charge is 2.23. The number of esters is 1. The summed E-state index contributed by atoms with van der Waals surface area (Å²) in [6.07, 6.45) is 1.88. The van der Waals surface area contributed by atoms with Gasteiger partial charge in [0.05, 0.1) is 25.3 Å². The third-order valence-electron chi connectivity index (χ3n) is 3.41. The summed E-state index contributed by atoms with van der Waals surface area (Å²) in [4.78, 5) is 15.9. The molecule has 0 amide bonds. The molecule has 0 aromatic heterocycles. The van der Waals surface area contributed by atoms with E-state index in [-0.39, 0.29) is 12.1 Å². The van der Waals surface area contributed by atoms with E-state index in [1.165, 1.54) is 0 Å². The fourth-order valence-electron chi connectivity index (χ4n) is 2.47. The Hall–Kier alpha value is -2.04. The predicted octanol–water partition coefficient (Wildman–Crippen LogP) is 3.42. The van der Waals surface area contributed by atoms with Gasteiger partial charge in [0.15, 0.2) is 5.90 Å². The minimum Gasteiger partial charge on any atom is -0.490 e. The molecule has 1 aliphatic heterocycles. The highest BCUT2D eigenvalue weighted by atomic mass is 16.5. The standard InChI is InChI=1S/C17H23NO4/c1-4-20-12(3)18-14-7-9-16-13(10-14)6-8-15(22-16)11-17(19)21-5-2/h7,9-10,15H,4-6,8,11H2,1-3H3. The molecule has 0 bridgehead atoms. The molecule has 120 valence electrons. The number of nitrogens with zero attached hydrogens (tertiary/aromatic N) is 1. The number of fused-ring (bicyclic) bond motifs is 1. The summed E-state index contributed by atoms with van der Waals surface area (Å²) < 4.78 is 16.2. The van der Waals surface area contributed by atoms with Gasteiger partial charge < -0.3 is 14.2 Å². The molecule has 0 saturated heterocycles. The molecule has 0 spiro atoms. The average Bonchev–Trinajstić information content (AvgIpc) is 2.48. The summed E-state index contributed by atoms with van der Waals surface area (Å²) in [6.45, 7) is 6.60. The largest absolute Gasteiger partial charge is 0.490 e. The van der Waals surface area contributed by atoms with Crippen LogP contribution < -0.4 is 4.74 Å². The predicted molar refractivity (Wildman–Crippen MR) is 84.8 cm³/mol. The molecule has 1 atom stereocenters. The summed E-state index contributed by atoms with van der Waals surface area (Å²) in [5, 5.41) is 0. The number of ether oxygens (including phenoxy) is 3. The van der Waals surface area contributed by atoms with Crippen LogP contribution in [0.5, 0.6) is 5.75 Å². The van der Waals surface area contributed by atoms with E-state index in [0.717, 1.165) is 29.8 Å². The number of benzene rings is 1. The fraction of sp³-hybridized carbons (Fsp3) is 0.529. The summed E-state index contributed by atoms with van der Waals surface area (Å²) in [6, 6.07) is 5.82. The van der Waals surface area contributed by atoms with E-state index < -0.39 is 0 Å². The highest BCUT2D eigenvalue weighted by molar-refractivity contribution is 5.77. The van der Waals surface area contributed by atoms with E-state index in [9.17, 15) is 4.79 Å². The zero-order chi connectivity index (χ0) is 15.9. The third-order valence-corrected chi connectivity index (χ3v) is 3.41. The minimum absolute atomic E-state index is 0.105. The molecule has 0 N–H and O–H groups in total. The van der Waals surface area contributed by atoms with E-state index in [2.05, 4.69) is 4.99 Å². The zero-order valence-electron chi connectivity index (χ0n) is 13.4. The second-order valence-corrected chi connectivity index (χ2v) is 5.14. The zero-order valence-corrected chi connectivity index (χ0v) is 13.4. The van der Waals surface area contributed by atoms with E-state index in [1.54, 1.807) is 6.92 Å². The Morgan fingerprint density at radius 1 is 1.32 bits per heavy atom. The van der Waals surface area contributed by atoms with Gasteiger partial charge in [0.25, 0.3) is 0 Å². The number of aryl methyl sites for hydroxylation is 1. The molecule has 0 radical (unpaired) electrons. The second-order valence-electron chi connectivity index (χ2n) is 5.14. The van der Waals surface area contributed by atoms with Crippen molar-refractivity contribution in [1.82, 2.24) is 0 Å². The minimum atomic E-state index is -0.204. The van der Waals surface area contributed by atoms with Crippen LogP contribution >= 0.6 is 0 Å². The lowest BCUT2D eigenvalue weighted by molar-refractivity contribution is -0.145. The number of hydrogen-bond acceptors (Lipinski definition) is 5. The number of aliphatic imine (C=N–C) groups is 1. The van der Waals surface area contributed by atoms with Crippen molar-refractivity contribution in [2.24, 2.45) is 4.99 Å². The lowest BCUT2D eigenvalue weighted by atomic mass is 10.00. The molecule has 1 aromatic carbocycles. The van der Waals surface area contributed by atoms with Gasteiger partial charge in [-0.15, -0.1) is 0 Å². The van der Waals surface area contributed by atoms with E-state index >= 15 is 0 Å². The Bertz CT molecular complexity index is 554.